The van der Waals surface area contributed by atoms with Gasteiger partial charge in [-0.3, -0.25) is 4.90 Å². The molecule has 2 atom stereocenters. The Morgan fingerprint density at radius 1 is 0.931 bits per heavy atom. The van der Waals surface area contributed by atoms with Crippen molar-refractivity contribution in [2.45, 2.75) is 18.8 Å². The van der Waals surface area contributed by atoms with E-state index in [-0.39, 0.29) is 0 Å². The van der Waals surface area contributed by atoms with Gasteiger partial charge in [0.05, 0.1) is 5.56 Å². The second kappa shape index (κ2) is 9.02. The van der Waals surface area contributed by atoms with Crippen LogP contribution in [0, 0.1) is 5.92 Å². The molecule has 5 heteroatoms. The fourth-order valence-corrected chi connectivity index (χ4v) is 4.65. The lowest BCUT2D eigenvalue weighted by atomic mass is 9.78. The van der Waals surface area contributed by atoms with E-state index in [9.17, 15) is 4.79 Å². The Morgan fingerprint density at radius 2 is 1.59 bits per heavy atom. The van der Waals surface area contributed by atoms with Crippen LogP contribution in [0.3, 0.4) is 0 Å². The van der Waals surface area contributed by atoms with Gasteiger partial charge in [-0.25, -0.2) is 4.79 Å². The Hall–Kier alpha value is -2.30. The highest BCUT2D eigenvalue weighted by molar-refractivity contribution is 6.30. The summed E-state index contributed by atoms with van der Waals surface area (Å²) in [5.74, 6) is 0.305. The Kier molecular flexibility index (Phi) is 6.22. The maximum atomic E-state index is 11.0. The highest BCUT2D eigenvalue weighted by Crippen LogP contribution is 2.35. The number of allylic oxidation sites excluding steroid dienone is 2. The third-order valence-corrected chi connectivity index (χ3v) is 6.46. The molecule has 1 saturated heterocycles. The van der Waals surface area contributed by atoms with Crippen molar-refractivity contribution in [3.8, 4) is 0 Å². The summed E-state index contributed by atoms with van der Waals surface area (Å²) in [6.07, 6.45) is 6.87. The lowest BCUT2D eigenvalue weighted by Gasteiger charge is -2.39. The van der Waals surface area contributed by atoms with Crippen molar-refractivity contribution in [2.75, 3.05) is 37.6 Å². The fourth-order valence-electron chi connectivity index (χ4n) is 4.53. The third kappa shape index (κ3) is 4.82. The average Bonchev–Trinajstić information content (AvgIpc) is 2.75. The second-order valence-corrected chi connectivity index (χ2v) is 8.44. The molecule has 1 aliphatic carbocycles. The van der Waals surface area contributed by atoms with Crippen LogP contribution in [0.2, 0.25) is 5.02 Å². The van der Waals surface area contributed by atoms with E-state index >= 15 is 0 Å². The molecule has 2 aromatic rings. The van der Waals surface area contributed by atoms with Gasteiger partial charge in [0.25, 0.3) is 0 Å². The number of piperazine rings is 1. The number of hydrogen-bond acceptors (Lipinski definition) is 3. The topological polar surface area (TPSA) is 43.8 Å². The van der Waals surface area contributed by atoms with Crippen molar-refractivity contribution in [3.05, 3.63) is 76.8 Å². The number of carboxylic acids is 1. The van der Waals surface area contributed by atoms with Gasteiger partial charge in [-0.15, -0.1) is 0 Å². The van der Waals surface area contributed by atoms with Gasteiger partial charge < -0.3 is 10.0 Å². The van der Waals surface area contributed by atoms with Gasteiger partial charge in [-0.2, -0.15) is 0 Å². The van der Waals surface area contributed by atoms with E-state index < -0.39 is 5.97 Å². The van der Waals surface area contributed by atoms with Gasteiger partial charge in [0.15, 0.2) is 0 Å². The van der Waals surface area contributed by atoms with Crippen LogP contribution in [0.25, 0.3) is 0 Å². The summed E-state index contributed by atoms with van der Waals surface area (Å²) in [6, 6.07) is 15.6. The van der Waals surface area contributed by atoms with Crippen LogP contribution in [-0.2, 0) is 0 Å². The van der Waals surface area contributed by atoms with Crippen molar-refractivity contribution in [2.24, 2.45) is 5.92 Å². The molecule has 4 rings (SSSR count). The maximum Gasteiger partial charge on any atom is 0.335 e. The number of hydrogen-bond donors (Lipinski definition) is 1. The monoisotopic (exact) mass is 410 g/mol. The maximum absolute atomic E-state index is 11.0. The van der Waals surface area contributed by atoms with Crippen LogP contribution in [0.1, 0.15) is 34.7 Å². The van der Waals surface area contributed by atoms with Crippen molar-refractivity contribution >= 4 is 23.3 Å². The largest absolute Gasteiger partial charge is 0.478 e. The number of aromatic carboxylic acids is 1. The first-order chi connectivity index (χ1) is 14.1. The van der Waals surface area contributed by atoms with Crippen molar-refractivity contribution in [3.63, 3.8) is 0 Å². The summed E-state index contributed by atoms with van der Waals surface area (Å²) >= 11 is 6.07. The van der Waals surface area contributed by atoms with Gasteiger partial charge in [0.1, 0.15) is 0 Å². The van der Waals surface area contributed by atoms with E-state index in [0.717, 1.165) is 56.3 Å². The number of nitrogens with zero attached hydrogens (tertiary/aromatic N) is 2. The molecule has 0 aromatic heterocycles. The van der Waals surface area contributed by atoms with E-state index in [1.54, 1.807) is 12.1 Å². The van der Waals surface area contributed by atoms with E-state index in [1.807, 2.05) is 24.3 Å². The lowest BCUT2D eigenvalue weighted by molar-refractivity contribution is 0.0697. The van der Waals surface area contributed by atoms with E-state index in [2.05, 4.69) is 34.1 Å². The lowest BCUT2D eigenvalue weighted by Crippen LogP contribution is -2.48. The van der Waals surface area contributed by atoms with Crippen molar-refractivity contribution < 1.29 is 9.90 Å². The summed E-state index contributed by atoms with van der Waals surface area (Å²) in [7, 11) is 0. The Bertz CT molecular complexity index is 855. The molecule has 0 amide bonds. The van der Waals surface area contributed by atoms with Crippen LogP contribution in [0.15, 0.2) is 60.7 Å². The smallest absolute Gasteiger partial charge is 0.335 e. The molecule has 29 heavy (non-hydrogen) atoms. The highest BCUT2D eigenvalue weighted by Gasteiger charge is 2.27. The van der Waals surface area contributed by atoms with Crippen LogP contribution in [0.5, 0.6) is 0 Å². The molecular formula is C24H27ClN2O2. The van der Waals surface area contributed by atoms with Gasteiger partial charge in [0, 0.05) is 43.4 Å². The number of carbonyl (C=O) groups is 1. The van der Waals surface area contributed by atoms with Crippen molar-refractivity contribution in [1.82, 2.24) is 4.90 Å². The zero-order valence-corrected chi connectivity index (χ0v) is 17.3. The minimum absolute atomic E-state index is 0.339. The molecule has 0 bridgehead atoms. The normalized spacial score (nSPS) is 22.6. The minimum Gasteiger partial charge on any atom is -0.478 e. The molecule has 0 saturated carbocycles. The molecule has 0 spiro atoms. The highest BCUT2D eigenvalue weighted by atomic mass is 35.5. The zero-order chi connectivity index (χ0) is 20.2. The zero-order valence-electron chi connectivity index (χ0n) is 16.5. The molecule has 2 unspecified atom stereocenters. The van der Waals surface area contributed by atoms with Gasteiger partial charge in [-0.05, 0) is 66.6 Å². The Morgan fingerprint density at radius 3 is 2.24 bits per heavy atom. The van der Waals surface area contributed by atoms with Crippen LogP contribution < -0.4 is 4.90 Å². The summed E-state index contributed by atoms with van der Waals surface area (Å²) < 4.78 is 0. The first-order valence-electron chi connectivity index (χ1n) is 10.3. The van der Waals surface area contributed by atoms with E-state index in [1.165, 1.54) is 5.56 Å². The standard InChI is InChI=1S/C24H27ClN2O2/c25-21-9-5-18(6-10-21)23-4-2-1-3-20(23)17-26-13-15-27(16-14-26)22-11-7-19(8-12-22)24(28)29/h1-2,5-12,20,23H,3-4,13-17H2,(H,28,29). The molecular weight excluding hydrogens is 384 g/mol. The predicted molar refractivity (Wildman–Crippen MR) is 118 cm³/mol. The first-order valence-corrected chi connectivity index (χ1v) is 10.7. The molecule has 2 aliphatic rings. The van der Waals surface area contributed by atoms with Gasteiger partial charge in [-0.1, -0.05) is 35.9 Å². The average molecular weight is 411 g/mol. The fraction of sp³-hybridized carbons (Fsp3) is 0.375. The summed E-state index contributed by atoms with van der Waals surface area (Å²) in [5.41, 5.74) is 2.83. The van der Waals surface area contributed by atoms with Gasteiger partial charge >= 0.3 is 5.97 Å². The van der Waals surface area contributed by atoms with Crippen LogP contribution in [-0.4, -0.2) is 48.7 Å². The molecule has 1 heterocycles. The Balaban J connectivity index is 1.35. The molecule has 2 aromatic carbocycles. The molecule has 0 radical (unpaired) electrons. The van der Waals surface area contributed by atoms with E-state index in [4.69, 9.17) is 16.7 Å². The molecule has 4 nitrogen and oxygen atoms in total. The SMILES string of the molecule is O=C(O)c1ccc(N2CCN(CC3CC=CCC3c3ccc(Cl)cc3)CC2)cc1. The quantitative estimate of drug-likeness (QED) is 0.711. The molecule has 1 fully saturated rings. The summed E-state index contributed by atoms with van der Waals surface area (Å²) in [4.78, 5) is 16.0. The number of anilines is 1. The molecule has 152 valence electrons. The Labute approximate surface area is 177 Å². The number of halogens is 1. The minimum atomic E-state index is -0.877. The van der Waals surface area contributed by atoms with Crippen LogP contribution in [0.4, 0.5) is 5.69 Å². The molecule has 1 aliphatic heterocycles. The summed E-state index contributed by atoms with van der Waals surface area (Å²) in [6.45, 7) is 5.13. The third-order valence-electron chi connectivity index (χ3n) is 6.21. The number of carboxylic acid groups (broad SMARTS) is 1. The van der Waals surface area contributed by atoms with Crippen molar-refractivity contribution in [1.29, 1.82) is 0 Å². The van der Waals surface area contributed by atoms with Crippen LogP contribution >= 0.6 is 11.6 Å². The molecule has 1 N–H and O–H groups in total. The summed E-state index contributed by atoms with van der Waals surface area (Å²) in [5, 5.41) is 9.86. The predicted octanol–water partition coefficient (Wildman–Crippen LogP) is 4.91. The number of benzene rings is 2. The van der Waals surface area contributed by atoms with Gasteiger partial charge in [0.2, 0.25) is 0 Å². The second-order valence-electron chi connectivity index (χ2n) is 8.00. The van der Waals surface area contributed by atoms with E-state index in [0.29, 0.717) is 17.4 Å². The first kappa shape index (κ1) is 20.0. The number of rotatable bonds is 5.